The maximum atomic E-state index is 4.30. The molecule has 0 aliphatic heterocycles. The first-order valence-electron chi connectivity index (χ1n) is 9.21. The summed E-state index contributed by atoms with van der Waals surface area (Å²) in [6.07, 6.45) is 14.9. The molecule has 1 aromatic rings. The fourth-order valence-electron chi connectivity index (χ4n) is 3.32. The second-order valence-corrected chi connectivity index (χ2v) is 6.71. The lowest BCUT2D eigenvalue weighted by Gasteiger charge is -2.12. The van der Waals surface area contributed by atoms with E-state index in [1.54, 1.807) is 0 Å². The van der Waals surface area contributed by atoms with Crippen LogP contribution in [0.4, 0.5) is 0 Å². The van der Waals surface area contributed by atoms with Crippen molar-refractivity contribution in [3.05, 3.63) is 18.0 Å². The van der Waals surface area contributed by atoms with Crippen LogP contribution in [0.25, 0.3) is 0 Å². The minimum atomic E-state index is 0. The standard InChI is InChI=1S/C18H33N5.HI/c1-16-14-22-23(15-16)13-7-12-21-18(19-2)20-11-6-5-10-17-8-3-4-9-17;/h14-15,17H,3-13H2,1-2H3,(H2,19,20,21);1H. The Morgan fingerprint density at radius 2 is 1.92 bits per heavy atom. The maximum absolute atomic E-state index is 4.30. The van der Waals surface area contributed by atoms with Crippen molar-refractivity contribution in [1.82, 2.24) is 20.4 Å². The Hall–Kier alpha value is -0.790. The monoisotopic (exact) mass is 447 g/mol. The SMILES string of the molecule is CN=C(NCCCCC1CCCC1)NCCCn1cc(C)cn1.I. The normalized spacial score (nSPS) is 15.3. The Balaban J connectivity index is 0.00000288. The number of nitrogens with one attached hydrogen (secondary N) is 2. The molecule has 24 heavy (non-hydrogen) atoms. The van der Waals surface area contributed by atoms with Crippen LogP contribution in [0.15, 0.2) is 17.4 Å². The number of aliphatic imine (C=N–C) groups is 1. The molecule has 0 atom stereocenters. The van der Waals surface area contributed by atoms with Crippen LogP contribution in [0, 0.1) is 12.8 Å². The van der Waals surface area contributed by atoms with Crippen LogP contribution < -0.4 is 10.6 Å². The molecule has 1 fully saturated rings. The molecule has 1 aliphatic carbocycles. The molecule has 5 nitrogen and oxygen atoms in total. The van der Waals surface area contributed by atoms with E-state index in [1.807, 2.05) is 17.9 Å². The van der Waals surface area contributed by atoms with Gasteiger partial charge in [-0.2, -0.15) is 5.10 Å². The predicted octanol–water partition coefficient (Wildman–Crippen LogP) is 3.73. The third kappa shape index (κ3) is 8.35. The molecule has 0 spiro atoms. The first-order valence-corrected chi connectivity index (χ1v) is 9.21. The first kappa shape index (κ1) is 21.3. The molecular formula is C18H34IN5. The summed E-state index contributed by atoms with van der Waals surface area (Å²) < 4.78 is 2.00. The number of hydrogen-bond donors (Lipinski definition) is 2. The highest BCUT2D eigenvalue weighted by Crippen LogP contribution is 2.28. The van der Waals surface area contributed by atoms with E-state index in [9.17, 15) is 0 Å². The van der Waals surface area contributed by atoms with Crippen molar-refractivity contribution >= 4 is 29.9 Å². The lowest BCUT2D eigenvalue weighted by molar-refractivity contribution is 0.472. The quantitative estimate of drug-likeness (QED) is 0.263. The molecular weight excluding hydrogens is 413 g/mol. The van der Waals surface area contributed by atoms with E-state index in [-0.39, 0.29) is 24.0 Å². The Kier molecular flexibility index (Phi) is 11.1. The maximum Gasteiger partial charge on any atom is 0.190 e. The van der Waals surface area contributed by atoms with Crippen LogP contribution in [0.5, 0.6) is 0 Å². The molecule has 1 aliphatic rings. The van der Waals surface area contributed by atoms with Crippen LogP contribution in [-0.2, 0) is 6.54 Å². The molecule has 2 N–H and O–H groups in total. The predicted molar refractivity (Wildman–Crippen MR) is 112 cm³/mol. The van der Waals surface area contributed by atoms with Crippen molar-refractivity contribution in [2.24, 2.45) is 10.9 Å². The summed E-state index contributed by atoms with van der Waals surface area (Å²) >= 11 is 0. The van der Waals surface area contributed by atoms with Crippen LogP contribution in [0.2, 0.25) is 0 Å². The second-order valence-electron chi connectivity index (χ2n) is 6.71. The van der Waals surface area contributed by atoms with Crippen molar-refractivity contribution in [3.8, 4) is 0 Å². The fraction of sp³-hybridized carbons (Fsp3) is 0.778. The number of aryl methyl sites for hydroxylation is 2. The van der Waals surface area contributed by atoms with E-state index in [4.69, 9.17) is 0 Å². The fourth-order valence-corrected chi connectivity index (χ4v) is 3.32. The summed E-state index contributed by atoms with van der Waals surface area (Å²) in [5.74, 6) is 1.93. The van der Waals surface area contributed by atoms with Crippen molar-refractivity contribution in [3.63, 3.8) is 0 Å². The van der Waals surface area contributed by atoms with Gasteiger partial charge in [0.25, 0.3) is 0 Å². The van der Waals surface area contributed by atoms with Gasteiger partial charge in [-0.15, -0.1) is 24.0 Å². The Morgan fingerprint density at radius 1 is 1.21 bits per heavy atom. The van der Waals surface area contributed by atoms with E-state index in [0.29, 0.717) is 0 Å². The van der Waals surface area contributed by atoms with Gasteiger partial charge in [-0.25, -0.2) is 0 Å². The molecule has 0 aromatic carbocycles. The molecule has 2 rings (SSSR count). The van der Waals surface area contributed by atoms with Gasteiger partial charge in [-0.05, 0) is 31.2 Å². The van der Waals surface area contributed by atoms with Gasteiger partial charge >= 0.3 is 0 Å². The van der Waals surface area contributed by atoms with E-state index in [0.717, 1.165) is 37.9 Å². The Labute approximate surface area is 164 Å². The largest absolute Gasteiger partial charge is 0.356 e. The summed E-state index contributed by atoms with van der Waals surface area (Å²) in [6.45, 7) is 4.95. The highest BCUT2D eigenvalue weighted by Gasteiger charge is 2.13. The van der Waals surface area contributed by atoms with Gasteiger partial charge in [0.2, 0.25) is 0 Å². The number of rotatable bonds is 9. The Bertz CT molecular complexity index is 466. The van der Waals surface area contributed by atoms with Gasteiger partial charge in [-0.1, -0.05) is 38.5 Å². The number of aromatic nitrogens is 2. The third-order valence-corrected chi connectivity index (χ3v) is 4.65. The lowest BCUT2D eigenvalue weighted by atomic mass is 10.0. The smallest absolute Gasteiger partial charge is 0.190 e. The summed E-state index contributed by atoms with van der Waals surface area (Å²) in [6, 6.07) is 0. The molecule has 0 bridgehead atoms. The van der Waals surface area contributed by atoms with Crippen LogP contribution in [0.1, 0.15) is 56.9 Å². The number of nitrogens with zero attached hydrogens (tertiary/aromatic N) is 3. The zero-order chi connectivity index (χ0) is 16.3. The van der Waals surface area contributed by atoms with Crippen LogP contribution in [-0.4, -0.2) is 35.9 Å². The van der Waals surface area contributed by atoms with Gasteiger partial charge in [0.15, 0.2) is 5.96 Å². The molecule has 0 amide bonds. The Morgan fingerprint density at radius 3 is 2.54 bits per heavy atom. The molecule has 1 aromatic heterocycles. The molecule has 1 heterocycles. The van der Waals surface area contributed by atoms with Crippen molar-refractivity contribution in [2.45, 2.75) is 64.8 Å². The minimum Gasteiger partial charge on any atom is -0.356 e. The second kappa shape index (κ2) is 12.6. The first-order chi connectivity index (χ1) is 11.3. The van der Waals surface area contributed by atoms with E-state index < -0.39 is 0 Å². The van der Waals surface area contributed by atoms with E-state index >= 15 is 0 Å². The van der Waals surface area contributed by atoms with Crippen molar-refractivity contribution < 1.29 is 0 Å². The minimum absolute atomic E-state index is 0. The topological polar surface area (TPSA) is 54.2 Å². The molecule has 0 radical (unpaired) electrons. The zero-order valence-electron chi connectivity index (χ0n) is 15.3. The van der Waals surface area contributed by atoms with Gasteiger partial charge in [-0.3, -0.25) is 9.67 Å². The van der Waals surface area contributed by atoms with E-state index in [1.165, 1.54) is 50.5 Å². The average molecular weight is 447 g/mol. The lowest BCUT2D eigenvalue weighted by Crippen LogP contribution is -2.38. The van der Waals surface area contributed by atoms with Crippen LogP contribution >= 0.6 is 24.0 Å². The average Bonchev–Trinajstić information content (AvgIpc) is 3.20. The van der Waals surface area contributed by atoms with Crippen molar-refractivity contribution in [2.75, 3.05) is 20.1 Å². The van der Waals surface area contributed by atoms with Crippen LogP contribution in [0.3, 0.4) is 0 Å². The molecule has 138 valence electrons. The van der Waals surface area contributed by atoms with Gasteiger partial charge in [0, 0.05) is 32.9 Å². The number of hydrogen-bond acceptors (Lipinski definition) is 2. The summed E-state index contributed by atoms with van der Waals surface area (Å²) in [5.41, 5.74) is 1.22. The molecule has 6 heteroatoms. The van der Waals surface area contributed by atoms with E-state index in [2.05, 4.69) is 33.8 Å². The van der Waals surface area contributed by atoms with Crippen molar-refractivity contribution in [1.29, 1.82) is 0 Å². The molecule has 0 saturated heterocycles. The van der Waals surface area contributed by atoms with Gasteiger partial charge < -0.3 is 10.6 Å². The summed E-state index contributed by atoms with van der Waals surface area (Å²) in [5, 5.41) is 11.1. The third-order valence-electron chi connectivity index (χ3n) is 4.65. The van der Waals surface area contributed by atoms with Gasteiger partial charge in [0.05, 0.1) is 6.20 Å². The number of unbranched alkanes of at least 4 members (excludes halogenated alkanes) is 1. The number of halogens is 1. The summed E-state index contributed by atoms with van der Waals surface area (Å²) in [7, 11) is 1.84. The zero-order valence-corrected chi connectivity index (χ0v) is 17.6. The summed E-state index contributed by atoms with van der Waals surface area (Å²) in [4.78, 5) is 4.28. The molecule has 1 saturated carbocycles. The van der Waals surface area contributed by atoms with Gasteiger partial charge in [0.1, 0.15) is 0 Å². The highest BCUT2D eigenvalue weighted by molar-refractivity contribution is 14.0. The number of guanidine groups is 1. The highest BCUT2D eigenvalue weighted by atomic mass is 127. The molecule has 0 unspecified atom stereocenters.